The van der Waals surface area contributed by atoms with Gasteiger partial charge in [-0.05, 0) is 6.92 Å². The SMILES string of the molecule is CC=C[C@@H](C)C=O. The molecule has 0 aliphatic rings. The van der Waals surface area contributed by atoms with Crippen molar-refractivity contribution in [3.63, 3.8) is 0 Å². The van der Waals surface area contributed by atoms with Gasteiger partial charge in [-0.3, -0.25) is 0 Å². The third-order valence-electron chi connectivity index (χ3n) is 0.711. The fourth-order valence-corrected chi connectivity index (χ4v) is 0.349. The summed E-state index contributed by atoms with van der Waals surface area (Å²) < 4.78 is 0. The Hall–Kier alpha value is -0.590. The van der Waals surface area contributed by atoms with Gasteiger partial charge in [0, 0.05) is 5.92 Å². The van der Waals surface area contributed by atoms with Crippen LogP contribution >= 0.6 is 0 Å². The average molecular weight is 98.1 g/mol. The van der Waals surface area contributed by atoms with Gasteiger partial charge in [-0.1, -0.05) is 19.1 Å². The first-order valence-corrected chi connectivity index (χ1v) is 2.39. The minimum Gasteiger partial charge on any atom is -0.303 e. The molecule has 0 aromatic carbocycles. The Morgan fingerprint density at radius 1 is 1.57 bits per heavy atom. The maximum Gasteiger partial charge on any atom is 0.126 e. The molecule has 0 amide bonds. The van der Waals surface area contributed by atoms with E-state index in [1.807, 2.05) is 26.0 Å². The Kier molecular flexibility index (Phi) is 3.29. The summed E-state index contributed by atoms with van der Waals surface area (Å²) in [6.07, 6.45) is 4.64. The highest BCUT2D eigenvalue weighted by molar-refractivity contribution is 5.55. The lowest BCUT2D eigenvalue weighted by atomic mass is 10.2. The summed E-state index contributed by atoms with van der Waals surface area (Å²) in [6.45, 7) is 3.76. The first-order valence-electron chi connectivity index (χ1n) is 2.39. The second-order valence-corrected chi connectivity index (χ2v) is 1.52. The number of allylic oxidation sites excluding steroid dienone is 2. The molecule has 0 aliphatic heterocycles. The zero-order chi connectivity index (χ0) is 5.70. The van der Waals surface area contributed by atoms with E-state index in [4.69, 9.17) is 0 Å². The topological polar surface area (TPSA) is 17.1 Å². The van der Waals surface area contributed by atoms with E-state index in [-0.39, 0.29) is 5.92 Å². The normalized spacial score (nSPS) is 14.6. The van der Waals surface area contributed by atoms with E-state index in [1.54, 1.807) is 0 Å². The van der Waals surface area contributed by atoms with Gasteiger partial charge in [0.15, 0.2) is 0 Å². The number of rotatable bonds is 2. The van der Waals surface area contributed by atoms with Crippen LogP contribution in [0.4, 0.5) is 0 Å². The number of hydrogen-bond donors (Lipinski definition) is 0. The third kappa shape index (κ3) is 3.23. The average Bonchev–Trinajstić information content (AvgIpc) is 1.68. The zero-order valence-electron chi connectivity index (χ0n) is 4.72. The molecule has 0 saturated carbocycles. The van der Waals surface area contributed by atoms with Crippen LogP contribution in [0.3, 0.4) is 0 Å². The van der Waals surface area contributed by atoms with Crippen molar-refractivity contribution in [2.45, 2.75) is 13.8 Å². The molecular weight excluding hydrogens is 88.1 g/mol. The summed E-state index contributed by atoms with van der Waals surface area (Å²) >= 11 is 0. The Labute approximate surface area is 44.0 Å². The van der Waals surface area contributed by atoms with E-state index in [0.717, 1.165) is 6.29 Å². The molecule has 40 valence electrons. The van der Waals surface area contributed by atoms with Gasteiger partial charge >= 0.3 is 0 Å². The van der Waals surface area contributed by atoms with Crippen molar-refractivity contribution >= 4 is 6.29 Å². The lowest BCUT2D eigenvalue weighted by Crippen LogP contribution is -1.86. The van der Waals surface area contributed by atoms with Crippen molar-refractivity contribution in [1.29, 1.82) is 0 Å². The lowest BCUT2D eigenvalue weighted by molar-refractivity contribution is -0.109. The standard InChI is InChI=1S/C6H10O/c1-3-4-6(2)5-7/h3-6H,1-2H3/t6-/m1/s1. The summed E-state index contributed by atoms with van der Waals surface area (Å²) in [7, 11) is 0. The van der Waals surface area contributed by atoms with Crippen LogP contribution in [0.1, 0.15) is 13.8 Å². The van der Waals surface area contributed by atoms with E-state index in [9.17, 15) is 4.79 Å². The van der Waals surface area contributed by atoms with Crippen molar-refractivity contribution in [2.75, 3.05) is 0 Å². The van der Waals surface area contributed by atoms with Gasteiger partial charge in [0.25, 0.3) is 0 Å². The predicted octanol–water partition coefficient (Wildman–Crippen LogP) is 1.40. The van der Waals surface area contributed by atoms with Gasteiger partial charge < -0.3 is 4.79 Å². The highest BCUT2D eigenvalue weighted by atomic mass is 16.1. The maximum atomic E-state index is 9.84. The van der Waals surface area contributed by atoms with Crippen molar-refractivity contribution in [3.8, 4) is 0 Å². The molecule has 0 unspecified atom stereocenters. The van der Waals surface area contributed by atoms with Gasteiger partial charge in [0.05, 0.1) is 0 Å². The molecule has 1 nitrogen and oxygen atoms in total. The van der Waals surface area contributed by atoms with E-state index in [2.05, 4.69) is 0 Å². The Bertz CT molecular complexity index is 74.2. The minimum absolute atomic E-state index is 0.0880. The molecule has 0 aromatic rings. The summed E-state index contributed by atoms with van der Waals surface area (Å²) in [5, 5.41) is 0. The number of carbonyl (C=O) groups is 1. The quantitative estimate of drug-likeness (QED) is 0.377. The fourth-order valence-electron chi connectivity index (χ4n) is 0.349. The third-order valence-corrected chi connectivity index (χ3v) is 0.711. The molecule has 0 rings (SSSR count). The molecule has 0 fully saturated rings. The van der Waals surface area contributed by atoms with E-state index in [0.29, 0.717) is 0 Å². The summed E-state index contributed by atoms with van der Waals surface area (Å²) in [6, 6.07) is 0. The molecule has 1 atom stereocenters. The van der Waals surface area contributed by atoms with Gasteiger partial charge in [-0.2, -0.15) is 0 Å². The van der Waals surface area contributed by atoms with Crippen LogP contribution in [-0.4, -0.2) is 6.29 Å². The maximum absolute atomic E-state index is 9.84. The van der Waals surface area contributed by atoms with Crippen molar-refractivity contribution in [2.24, 2.45) is 5.92 Å². The van der Waals surface area contributed by atoms with Crippen molar-refractivity contribution in [3.05, 3.63) is 12.2 Å². The first-order chi connectivity index (χ1) is 3.31. The molecule has 0 aliphatic carbocycles. The zero-order valence-corrected chi connectivity index (χ0v) is 4.72. The highest BCUT2D eigenvalue weighted by Crippen LogP contribution is 1.88. The molecule has 0 N–H and O–H groups in total. The molecule has 0 bridgehead atoms. The Morgan fingerprint density at radius 2 is 2.14 bits per heavy atom. The monoisotopic (exact) mass is 98.1 g/mol. The number of carbonyl (C=O) groups excluding carboxylic acids is 1. The van der Waals surface area contributed by atoms with Gasteiger partial charge in [0.2, 0.25) is 0 Å². The van der Waals surface area contributed by atoms with Crippen LogP contribution < -0.4 is 0 Å². The van der Waals surface area contributed by atoms with Crippen molar-refractivity contribution < 1.29 is 4.79 Å². The summed E-state index contributed by atoms with van der Waals surface area (Å²) in [5.74, 6) is 0.0880. The molecule has 0 aromatic heterocycles. The van der Waals surface area contributed by atoms with E-state index >= 15 is 0 Å². The van der Waals surface area contributed by atoms with E-state index in [1.165, 1.54) is 0 Å². The molecule has 0 radical (unpaired) electrons. The highest BCUT2D eigenvalue weighted by Gasteiger charge is 1.86. The number of aldehydes is 1. The molecule has 7 heavy (non-hydrogen) atoms. The van der Waals surface area contributed by atoms with Crippen LogP contribution in [0.15, 0.2) is 12.2 Å². The Balaban J connectivity index is 3.35. The van der Waals surface area contributed by atoms with Crippen LogP contribution in [0.5, 0.6) is 0 Å². The van der Waals surface area contributed by atoms with Crippen LogP contribution in [0.2, 0.25) is 0 Å². The van der Waals surface area contributed by atoms with Crippen LogP contribution in [0.25, 0.3) is 0 Å². The molecule has 0 spiro atoms. The van der Waals surface area contributed by atoms with Crippen LogP contribution in [-0.2, 0) is 4.79 Å². The van der Waals surface area contributed by atoms with Gasteiger partial charge in [-0.15, -0.1) is 0 Å². The van der Waals surface area contributed by atoms with Crippen LogP contribution in [0, 0.1) is 5.92 Å². The smallest absolute Gasteiger partial charge is 0.126 e. The molecular formula is C6H10O. The lowest BCUT2D eigenvalue weighted by Gasteiger charge is -1.86. The summed E-state index contributed by atoms with van der Waals surface area (Å²) in [4.78, 5) is 9.84. The first kappa shape index (κ1) is 6.41. The van der Waals surface area contributed by atoms with Gasteiger partial charge in [0.1, 0.15) is 6.29 Å². The second kappa shape index (κ2) is 3.59. The largest absolute Gasteiger partial charge is 0.303 e. The van der Waals surface area contributed by atoms with Crippen molar-refractivity contribution in [1.82, 2.24) is 0 Å². The second-order valence-electron chi connectivity index (χ2n) is 1.52. The number of hydrogen-bond acceptors (Lipinski definition) is 1. The molecule has 1 heteroatoms. The Morgan fingerprint density at radius 3 is 2.29 bits per heavy atom. The minimum atomic E-state index is 0.0880. The fraction of sp³-hybridized carbons (Fsp3) is 0.500. The van der Waals surface area contributed by atoms with Gasteiger partial charge in [-0.25, -0.2) is 0 Å². The molecule has 0 heterocycles. The van der Waals surface area contributed by atoms with E-state index < -0.39 is 0 Å². The predicted molar refractivity (Wildman–Crippen MR) is 30.0 cm³/mol. The molecule has 0 saturated heterocycles. The summed E-state index contributed by atoms with van der Waals surface area (Å²) in [5.41, 5.74) is 0.